The maximum Gasteiger partial charge on any atom is 0.490 e. The lowest BCUT2D eigenvalue weighted by Gasteiger charge is -2.23. The Kier molecular flexibility index (Phi) is 23.2. The Morgan fingerprint density at radius 1 is 0.585 bits per heavy atom. The molecule has 0 spiro atoms. The van der Waals surface area contributed by atoms with Crippen molar-refractivity contribution in [3.05, 3.63) is 0 Å². The van der Waals surface area contributed by atoms with Crippen LogP contribution in [0.1, 0.15) is 0 Å². The number of carbonyl (C=O) groups is 4. The van der Waals surface area contributed by atoms with E-state index in [1.807, 2.05) is 0 Å². The maximum atomic E-state index is 10.6. The lowest BCUT2D eigenvalue weighted by Crippen LogP contribution is -2.43. The van der Waals surface area contributed by atoms with Gasteiger partial charge in [0, 0.05) is 24.6 Å². The Hall–Kier alpha value is -1.17. The van der Waals surface area contributed by atoms with Crippen LogP contribution >= 0.6 is 48.7 Å². The van der Waals surface area contributed by atoms with Crippen molar-refractivity contribution in [3.8, 4) is 0 Å². The molecule has 0 aromatic heterocycles. The number of hydrogen-bond donors (Lipinski definition) is 13. The van der Waals surface area contributed by atoms with Crippen molar-refractivity contribution in [2.24, 2.45) is 0 Å². The SMILES string of the molecule is O=C(O)CN(CCN(CC(=O)O)CC(=O)O)CC(=O)O.O=P(O)(O)OP(=O)(O)OP(=O)(O)O.O[C@H](CS)[C@H](O)CS. The summed E-state index contributed by atoms with van der Waals surface area (Å²) >= 11 is 7.53. The van der Waals surface area contributed by atoms with E-state index < -0.39 is 85.7 Å². The smallest absolute Gasteiger partial charge is 0.480 e. The second kappa shape index (κ2) is 21.5. The molecule has 27 heteroatoms. The molecule has 11 N–H and O–H groups in total. The van der Waals surface area contributed by atoms with Gasteiger partial charge in [-0.15, -0.1) is 0 Å². The van der Waals surface area contributed by atoms with Crippen LogP contribution in [0.25, 0.3) is 0 Å². The fraction of sp³-hybridized carbons (Fsp3) is 0.714. The maximum absolute atomic E-state index is 10.6. The number of carboxylic acid groups (broad SMARTS) is 4. The number of nitrogens with zero attached hydrogens (tertiary/aromatic N) is 2. The van der Waals surface area contributed by atoms with Crippen molar-refractivity contribution in [1.82, 2.24) is 9.80 Å². The van der Waals surface area contributed by atoms with Gasteiger partial charge in [0.2, 0.25) is 0 Å². The third-order valence-electron chi connectivity index (χ3n) is 3.41. The van der Waals surface area contributed by atoms with Gasteiger partial charge in [-0.1, -0.05) is 0 Å². The standard InChI is InChI=1S/C10H16N2O8.C4H10O2S2.H5O10P3/c13-7(14)3-11(4-8(15)16)1-2-12(5-9(17)18)6-10(19)20;5-3(1-7)4(6)2-8;1-11(2,3)9-13(7,8)10-12(4,5)6/h1-6H2,(H,13,14)(H,15,16)(H,17,18)(H,19,20);3-8H,1-2H2;(H,7,8)(H2,1,2,3)(H2,4,5,6)/t;3-,4-;/m.1./s1. The molecule has 0 aliphatic heterocycles. The summed E-state index contributed by atoms with van der Waals surface area (Å²) in [6.07, 6.45) is -1.48. The molecular formula is C14H31N2O20P3S2. The number of hydrogen-bond acceptors (Lipinski definition) is 15. The monoisotopic (exact) mass is 704 g/mol. The Morgan fingerprint density at radius 2 is 0.805 bits per heavy atom. The van der Waals surface area contributed by atoms with E-state index in [2.05, 4.69) is 33.9 Å². The third-order valence-corrected chi connectivity index (χ3v) is 7.51. The van der Waals surface area contributed by atoms with Crippen LogP contribution in [0, 0.1) is 0 Å². The predicted molar refractivity (Wildman–Crippen MR) is 139 cm³/mol. The molecule has 0 heterocycles. The molecule has 0 radical (unpaired) electrons. The van der Waals surface area contributed by atoms with E-state index in [1.165, 1.54) is 0 Å². The molecule has 0 aromatic rings. The zero-order valence-electron chi connectivity index (χ0n) is 20.5. The number of rotatable bonds is 18. The van der Waals surface area contributed by atoms with Crippen LogP contribution < -0.4 is 0 Å². The number of thiol groups is 2. The molecule has 0 unspecified atom stereocenters. The van der Waals surface area contributed by atoms with Gasteiger partial charge >= 0.3 is 47.3 Å². The Bertz CT molecular complexity index is 871. The quantitative estimate of drug-likeness (QED) is 0.0493. The van der Waals surface area contributed by atoms with Crippen LogP contribution in [-0.4, -0.2) is 152 Å². The minimum absolute atomic E-state index is 0.0703. The molecule has 0 amide bonds. The van der Waals surface area contributed by atoms with E-state index in [-0.39, 0.29) is 24.6 Å². The number of phosphoric acid groups is 3. The van der Waals surface area contributed by atoms with Crippen molar-refractivity contribution in [2.75, 3.05) is 50.8 Å². The number of aliphatic carboxylic acids is 4. The topological polar surface area (TPSA) is 367 Å². The van der Waals surface area contributed by atoms with E-state index in [1.54, 1.807) is 0 Å². The van der Waals surface area contributed by atoms with E-state index in [9.17, 15) is 32.9 Å². The molecule has 0 fully saturated rings. The molecule has 244 valence electrons. The van der Waals surface area contributed by atoms with Gasteiger partial charge in [-0.25, -0.2) is 13.7 Å². The van der Waals surface area contributed by atoms with Crippen molar-refractivity contribution >= 4 is 72.6 Å². The summed E-state index contributed by atoms with van der Waals surface area (Å²) < 4.78 is 36.4. The van der Waals surface area contributed by atoms with Crippen molar-refractivity contribution < 1.29 is 96.6 Å². The molecular weight excluding hydrogens is 673 g/mol. The van der Waals surface area contributed by atoms with Crippen LogP contribution in [-0.2, 0) is 41.5 Å². The predicted octanol–water partition coefficient (Wildman–Crippen LogP) is -3.20. The summed E-state index contributed by atoms with van der Waals surface area (Å²) in [5.41, 5.74) is 0. The fourth-order valence-electron chi connectivity index (χ4n) is 2.00. The van der Waals surface area contributed by atoms with E-state index >= 15 is 0 Å². The molecule has 0 bridgehead atoms. The minimum Gasteiger partial charge on any atom is -0.480 e. The normalized spacial score (nSPS) is 13.3. The third kappa shape index (κ3) is 33.2. The zero-order chi connectivity index (χ0) is 33.2. The van der Waals surface area contributed by atoms with Gasteiger partial charge < -0.3 is 55.1 Å². The summed E-state index contributed by atoms with van der Waals surface area (Å²) in [7, 11) is -16.2. The molecule has 0 aliphatic carbocycles. The molecule has 0 aliphatic rings. The summed E-state index contributed by atoms with van der Waals surface area (Å²) in [6.45, 7) is -2.25. The van der Waals surface area contributed by atoms with Gasteiger partial charge in [0.05, 0.1) is 38.4 Å². The van der Waals surface area contributed by atoms with Crippen LogP contribution in [0.5, 0.6) is 0 Å². The van der Waals surface area contributed by atoms with Crippen LogP contribution in [0.2, 0.25) is 0 Å². The number of carboxylic acids is 4. The van der Waals surface area contributed by atoms with E-state index in [4.69, 9.17) is 55.1 Å². The van der Waals surface area contributed by atoms with Crippen LogP contribution in [0.15, 0.2) is 0 Å². The summed E-state index contributed by atoms with van der Waals surface area (Å²) in [5, 5.41) is 52.0. The lowest BCUT2D eigenvalue weighted by atomic mass is 10.3. The lowest BCUT2D eigenvalue weighted by molar-refractivity contribution is -0.145. The highest BCUT2D eigenvalue weighted by molar-refractivity contribution is 7.80. The minimum atomic E-state index is -5.46. The van der Waals surface area contributed by atoms with Gasteiger partial charge in [0.15, 0.2) is 0 Å². The first-order valence-corrected chi connectivity index (χ1v) is 15.9. The summed E-state index contributed by atoms with van der Waals surface area (Å²) in [6, 6.07) is 0. The first kappa shape index (κ1) is 44.3. The number of aliphatic hydroxyl groups is 2. The van der Waals surface area contributed by atoms with Gasteiger partial charge in [-0.05, 0) is 0 Å². The highest BCUT2D eigenvalue weighted by Crippen LogP contribution is 2.64. The van der Waals surface area contributed by atoms with Crippen LogP contribution in [0.3, 0.4) is 0 Å². The molecule has 2 atom stereocenters. The van der Waals surface area contributed by atoms with E-state index in [0.29, 0.717) is 0 Å². The Morgan fingerprint density at radius 3 is 0.951 bits per heavy atom. The van der Waals surface area contributed by atoms with E-state index in [0.717, 1.165) is 9.80 Å². The van der Waals surface area contributed by atoms with Gasteiger partial charge in [0.1, 0.15) is 0 Å². The van der Waals surface area contributed by atoms with Crippen molar-refractivity contribution in [2.45, 2.75) is 12.2 Å². The van der Waals surface area contributed by atoms with Gasteiger partial charge in [-0.2, -0.15) is 33.9 Å². The molecule has 0 rings (SSSR count). The first-order chi connectivity index (χ1) is 18.3. The highest BCUT2D eigenvalue weighted by atomic mass is 32.1. The Balaban J connectivity index is -0.000000587. The molecule has 0 saturated carbocycles. The van der Waals surface area contributed by atoms with Crippen molar-refractivity contribution in [3.63, 3.8) is 0 Å². The first-order valence-electron chi connectivity index (χ1n) is 10.1. The average molecular weight is 704 g/mol. The second-order valence-electron chi connectivity index (χ2n) is 7.11. The second-order valence-corrected chi connectivity index (χ2v) is 12.0. The van der Waals surface area contributed by atoms with Gasteiger partial charge in [0.25, 0.3) is 0 Å². The molecule has 41 heavy (non-hydrogen) atoms. The van der Waals surface area contributed by atoms with Gasteiger partial charge in [-0.3, -0.25) is 29.0 Å². The molecule has 0 aromatic carbocycles. The Labute approximate surface area is 242 Å². The van der Waals surface area contributed by atoms with Crippen LogP contribution in [0.4, 0.5) is 0 Å². The average Bonchev–Trinajstić information content (AvgIpc) is 2.72. The largest absolute Gasteiger partial charge is 0.490 e. The number of aliphatic hydroxyl groups excluding tert-OH is 2. The molecule has 22 nitrogen and oxygen atoms in total. The zero-order valence-corrected chi connectivity index (χ0v) is 25.0. The van der Waals surface area contributed by atoms with Crippen molar-refractivity contribution in [1.29, 1.82) is 0 Å². The highest BCUT2D eigenvalue weighted by Gasteiger charge is 2.38. The fourth-order valence-corrected chi connectivity index (χ4v) is 5.03. The molecule has 0 saturated heterocycles. The summed E-state index contributed by atoms with van der Waals surface area (Å²) in [4.78, 5) is 84.6. The summed E-state index contributed by atoms with van der Waals surface area (Å²) in [5.74, 6) is -4.35.